The zero-order chi connectivity index (χ0) is 8.69. The van der Waals surface area contributed by atoms with E-state index in [1.54, 1.807) is 13.8 Å². The van der Waals surface area contributed by atoms with Crippen molar-refractivity contribution in [3.8, 4) is 0 Å². The van der Waals surface area contributed by atoms with Crippen molar-refractivity contribution in [2.24, 2.45) is 0 Å². The van der Waals surface area contributed by atoms with Crippen LogP contribution in [0.25, 0.3) is 0 Å². The van der Waals surface area contributed by atoms with Crippen molar-refractivity contribution in [2.45, 2.75) is 26.9 Å². The fraction of sp³-hybridized carbons (Fsp3) is 0.625. The minimum Gasteiger partial charge on any atom is -0.501 e. The van der Waals surface area contributed by atoms with Gasteiger partial charge in [0.2, 0.25) is 0 Å². The third-order valence-corrected chi connectivity index (χ3v) is 0.819. The summed E-state index contributed by atoms with van der Waals surface area (Å²) in [5.74, 6) is -0.367. The Kier molecular flexibility index (Phi) is 5.25. The van der Waals surface area contributed by atoms with Crippen LogP contribution in [0.5, 0.6) is 0 Å². The molecule has 0 aliphatic carbocycles. The molecule has 0 fully saturated rings. The van der Waals surface area contributed by atoms with Gasteiger partial charge in [-0.3, -0.25) is 0 Å². The van der Waals surface area contributed by atoms with Gasteiger partial charge in [0.1, 0.15) is 0 Å². The van der Waals surface area contributed by atoms with Crippen LogP contribution in [0.4, 0.5) is 0 Å². The zero-order valence-electron chi connectivity index (χ0n) is 7.16. The number of carbonyl (C=O) groups is 1. The molecule has 0 saturated carbocycles. The highest BCUT2D eigenvalue weighted by Gasteiger charge is 1.98. The lowest BCUT2D eigenvalue weighted by Crippen LogP contribution is -2.08. The summed E-state index contributed by atoms with van der Waals surface area (Å²) in [4.78, 5) is 10.7. The molecule has 0 spiro atoms. The number of carbonyl (C=O) groups excluding carboxylic acids is 1. The first-order chi connectivity index (χ1) is 5.16. The maximum atomic E-state index is 10.7. The number of rotatable bonds is 4. The Bertz CT molecular complexity index is 138. The van der Waals surface area contributed by atoms with E-state index in [2.05, 4.69) is 0 Å². The van der Waals surface area contributed by atoms with Gasteiger partial charge in [-0.15, -0.1) is 0 Å². The Morgan fingerprint density at radius 2 is 2.18 bits per heavy atom. The Balaban J connectivity index is 3.51. The number of hydrogen-bond donors (Lipinski definition) is 0. The normalized spacial score (nSPS) is 10.5. The molecule has 0 rings (SSSR count). The molecule has 0 saturated heterocycles. The lowest BCUT2D eigenvalue weighted by atomic mass is 10.5. The molecular weight excluding hydrogens is 144 g/mol. The Labute approximate surface area is 67.0 Å². The fourth-order valence-electron chi connectivity index (χ4n) is 0.471. The third-order valence-electron chi connectivity index (χ3n) is 0.819. The van der Waals surface area contributed by atoms with Gasteiger partial charge in [-0.25, -0.2) is 4.79 Å². The Morgan fingerprint density at radius 3 is 2.64 bits per heavy atom. The van der Waals surface area contributed by atoms with E-state index in [9.17, 15) is 4.79 Å². The molecule has 0 aliphatic rings. The SMILES string of the molecule is CCO/C=C/C(=O)OC(C)C. The second-order valence-corrected chi connectivity index (χ2v) is 2.24. The van der Waals surface area contributed by atoms with E-state index in [-0.39, 0.29) is 12.1 Å². The molecule has 0 radical (unpaired) electrons. The summed E-state index contributed by atoms with van der Waals surface area (Å²) in [6.07, 6.45) is 2.53. The first-order valence-corrected chi connectivity index (χ1v) is 3.65. The number of ether oxygens (including phenoxy) is 2. The van der Waals surface area contributed by atoms with Crippen molar-refractivity contribution in [1.82, 2.24) is 0 Å². The smallest absolute Gasteiger partial charge is 0.334 e. The van der Waals surface area contributed by atoms with E-state index in [4.69, 9.17) is 9.47 Å². The minimum atomic E-state index is -0.367. The van der Waals surface area contributed by atoms with E-state index in [1.807, 2.05) is 6.92 Å². The first kappa shape index (κ1) is 10.0. The molecule has 0 aromatic carbocycles. The summed E-state index contributed by atoms with van der Waals surface area (Å²) in [6.45, 7) is 6.00. The van der Waals surface area contributed by atoms with Crippen molar-refractivity contribution in [3.05, 3.63) is 12.3 Å². The van der Waals surface area contributed by atoms with Crippen molar-refractivity contribution in [2.75, 3.05) is 6.61 Å². The minimum absolute atomic E-state index is 0.0752. The summed E-state index contributed by atoms with van der Waals surface area (Å²) < 4.78 is 9.60. The molecule has 0 unspecified atom stereocenters. The van der Waals surface area contributed by atoms with Crippen LogP contribution in [0.3, 0.4) is 0 Å². The molecular formula is C8H14O3. The lowest BCUT2D eigenvalue weighted by molar-refractivity contribution is -0.141. The van der Waals surface area contributed by atoms with E-state index in [1.165, 1.54) is 12.3 Å². The Morgan fingerprint density at radius 1 is 1.55 bits per heavy atom. The van der Waals surface area contributed by atoms with E-state index in [0.29, 0.717) is 6.61 Å². The summed E-state index contributed by atoms with van der Waals surface area (Å²) in [5.41, 5.74) is 0. The van der Waals surface area contributed by atoms with Crippen LogP contribution in [0, 0.1) is 0 Å². The van der Waals surface area contributed by atoms with Crippen LogP contribution >= 0.6 is 0 Å². The maximum Gasteiger partial charge on any atom is 0.334 e. The quantitative estimate of drug-likeness (QED) is 0.353. The van der Waals surface area contributed by atoms with Crippen molar-refractivity contribution in [3.63, 3.8) is 0 Å². The topological polar surface area (TPSA) is 35.5 Å². The highest BCUT2D eigenvalue weighted by molar-refractivity contribution is 5.81. The van der Waals surface area contributed by atoms with Crippen LogP contribution < -0.4 is 0 Å². The maximum absolute atomic E-state index is 10.7. The number of esters is 1. The van der Waals surface area contributed by atoms with E-state index >= 15 is 0 Å². The lowest BCUT2D eigenvalue weighted by Gasteiger charge is -2.03. The molecule has 0 aromatic rings. The molecule has 0 aromatic heterocycles. The van der Waals surface area contributed by atoms with E-state index in [0.717, 1.165) is 0 Å². The van der Waals surface area contributed by atoms with Gasteiger partial charge in [-0.2, -0.15) is 0 Å². The average molecular weight is 158 g/mol. The summed E-state index contributed by atoms with van der Waals surface area (Å²) in [5, 5.41) is 0. The highest BCUT2D eigenvalue weighted by atomic mass is 16.5. The van der Waals surface area contributed by atoms with Gasteiger partial charge in [-0.05, 0) is 20.8 Å². The van der Waals surface area contributed by atoms with Gasteiger partial charge in [-0.1, -0.05) is 0 Å². The molecule has 64 valence electrons. The predicted molar refractivity (Wildman–Crippen MR) is 42.0 cm³/mol. The Hall–Kier alpha value is -0.990. The van der Waals surface area contributed by atoms with Gasteiger partial charge in [0.25, 0.3) is 0 Å². The summed E-state index contributed by atoms with van der Waals surface area (Å²) in [6, 6.07) is 0. The van der Waals surface area contributed by atoms with Crippen LogP contribution in [0.15, 0.2) is 12.3 Å². The number of hydrogen-bond acceptors (Lipinski definition) is 3. The van der Waals surface area contributed by atoms with Gasteiger partial charge >= 0.3 is 5.97 Å². The molecule has 3 nitrogen and oxygen atoms in total. The summed E-state index contributed by atoms with van der Waals surface area (Å²) in [7, 11) is 0. The average Bonchev–Trinajstić information content (AvgIpc) is 1.86. The molecule has 0 N–H and O–H groups in total. The van der Waals surface area contributed by atoms with Gasteiger partial charge in [0.05, 0.1) is 25.0 Å². The third kappa shape index (κ3) is 6.90. The van der Waals surface area contributed by atoms with Crippen LogP contribution in [0.1, 0.15) is 20.8 Å². The molecule has 11 heavy (non-hydrogen) atoms. The van der Waals surface area contributed by atoms with E-state index < -0.39 is 0 Å². The van der Waals surface area contributed by atoms with Crippen molar-refractivity contribution >= 4 is 5.97 Å². The fourth-order valence-corrected chi connectivity index (χ4v) is 0.471. The van der Waals surface area contributed by atoms with Gasteiger partial charge in [0.15, 0.2) is 0 Å². The molecule has 0 bridgehead atoms. The second kappa shape index (κ2) is 5.77. The summed E-state index contributed by atoms with van der Waals surface area (Å²) >= 11 is 0. The van der Waals surface area contributed by atoms with Crippen LogP contribution in [-0.2, 0) is 14.3 Å². The predicted octanol–water partition coefficient (Wildman–Crippen LogP) is 1.49. The van der Waals surface area contributed by atoms with Gasteiger partial charge < -0.3 is 9.47 Å². The van der Waals surface area contributed by atoms with Crippen molar-refractivity contribution in [1.29, 1.82) is 0 Å². The largest absolute Gasteiger partial charge is 0.501 e. The zero-order valence-corrected chi connectivity index (χ0v) is 7.16. The molecule has 0 atom stereocenters. The van der Waals surface area contributed by atoms with Crippen molar-refractivity contribution < 1.29 is 14.3 Å². The molecule has 3 heteroatoms. The van der Waals surface area contributed by atoms with Crippen LogP contribution in [0.2, 0.25) is 0 Å². The van der Waals surface area contributed by atoms with Crippen LogP contribution in [-0.4, -0.2) is 18.7 Å². The molecule has 0 amide bonds. The highest BCUT2D eigenvalue weighted by Crippen LogP contribution is 1.90. The standard InChI is InChI=1S/C8H14O3/c1-4-10-6-5-8(9)11-7(2)3/h5-7H,4H2,1-3H3/b6-5+. The molecule has 0 aliphatic heterocycles. The second-order valence-electron chi connectivity index (χ2n) is 2.24. The molecule has 0 heterocycles. The first-order valence-electron chi connectivity index (χ1n) is 3.65. The monoisotopic (exact) mass is 158 g/mol. The van der Waals surface area contributed by atoms with Gasteiger partial charge in [0, 0.05) is 0 Å².